The topological polar surface area (TPSA) is 81.5 Å². The number of benzene rings is 3. The van der Waals surface area contributed by atoms with Crippen LogP contribution in [0.1, 0.15) is 31.8 Å². The lowest BCUT2D eigenvalue weighted by Crippen LogP contribution is -2.44. The minimum atomic E-state index is -0.346. The van der Waals surface area contributed by atoms with Crippen molar-refractivity contribution in [3.8, 4) is 5.88 Å². The maximum Gasteiger partial charge on any atom is 0.276 e. The SMILES string of the molecule is Cn1c(=O)/c(=C/c2ccccc2)nc(OCCN2C(=O)c3ccccc3C2=O)/c1=C/c1ccccc1. The standard InChI is InChI=1S/C29H23N3O4/c1-31-25(19-21-12-6-3-7-13-21)26(30-24(29(31)35)18-20-10-4-2-5-11-20)36-17-16-32-27(33)22-14-8-9-15-23(22)28(32)34/h2-15,18-19H,16-17H2,1H3/b24-18-,25-19-. The van der Waals surface area contributed by atoms with E-state index in [0.29, 0.717) is 16.5 Å². The lowest BCUT2D eigenvalue weighted by Gasteiger charge is -2.15. The fourth-order valence-electron chi connectivity index (χ4n) is 4.09. The number of nitrogens with zero attached hydrogens (tertiary/aromatic N) is 3. The smallest absolute Gasteiger partial charge is 0.276 e. The molecule has 4 aromatic rings. The third-order valence-corrected chi connectivity index (χ3v) is 5.96. The van der Waals surface area contributed by atoms with Gasteiger partial charge in [-0.25, -0.2) is 4.98 Å². The Hall–Kier alpha value is -4.78. The Balaban J connectivity index is 1.50. The lowest BCUT2D eigenvalue weighted by molar-refractivity contribution is 0.0629. The first-order valence-corrected chi connectivity index (χ1v) is 11.5. The summed E-state index contributed by atoms with van der Waals surface area (Å²) in [6, 6.07) is 25.7. The van der Waals surface area contributed by atoms with E-state index in [1.807, 2.05) is 66.7 Å². The Morgan fingerprint density at radius 1 is 0.750 bits per heavy atom. The Morgan fingerprint density at radius 2 is 1.28 bits per heavy atom. The van der Waals surface area contributed by atoms with Crippen molar-refractivity contribution in [3.63, 3.8) is 0 Å². The van der Waals surface area contributed by atoms with Crippen LogP contribution in [0, 0.1) is 0 Å². The Morgan fingerprint density at radius 3 is 1.86 bits per heavy atom. The molecule has 1 aliphatic heterocycles. The number of carbonyl (C=O) groups is 2. The summed E-state index contributed by atoms with van der Waals surface area (Å²) in [4.78, 5) is 44.2. The number of amides is 2. The van der Waals surface area contributed by atoms with Gasteiger partial charge in [-0.3, -0.25) is 19.3 Å². The zero-order valence-corrected chi connectivity index (χ0v) is 19.6. The van der Waals surface area contributed by atoms with Crippen molar-refractivity contribution < 1.29 is 14.3 Å². The number of imide groups is 1. The van der Waals surface area contributed by atoms with Crippen LogP contribution in [0.5, 0.6) is 5.88 Å². The highest BCUT2D eigenvalue weighted by molar-refractivity contribution is 6.21. The van der Waals surface area contributed by atoms with Gasteiger partial charge in [-0.05, 0) is 35.4 Å². The molecule has 178 valence electrons. The molecule has 1 aliphatic rings. The molecule has 0 saturated heterocycles. The highest BCUT2D eigenvalue weighted by Gasteiger charge is 2.34. The quantitative estimate of drug-likeness (QED) is 0.398. The summed E-state index contributed by atoms with van der Waals surface area (Å²) < 4.78 is 7.50. The summed E-state index contributed by atoms with van der Waals surface area (Å²) in [5, 5.41) is 0.711. The van der Waals surface area contributed by atoms with Gasteiger partial charge in [0.25, 0.3) is 17.4 Å². The third kappa shape index (κ3) is 4.46. The molecular weight excluding hydrogens is 454 g/mol. The summed E-state index contributed by atoms with van der Waals surface area (Å²) >= 11 is 0. The zero-order valence-electron chi connectivity index (χ0n) is 19.6. The monoisotopic (exact) mass is 477 g/mol. The molecular formula is C29H23N3O4. The van der Waals surface area contributed by atoms with Crippen molar-refractivity contribution in [1.29, 1.82) is 0 Å². The number of hydrogen-bond acceptors (Lipinski definition) is 5. The lowest BCUT2D eigenvalue weighted by atomic mass is 10.1. The molecule has 36 heavy (non-hydrogen) atoms. The van der Waals surface area contributed by atoms with Crippen molar-refractivity contribution in [2.75, 3.05) is 13.2 Å². The van der Waals surface area contributed by atoms with Gasteiger partial charge in [0.2, 0.25) is 5.88 Å². The van der Waals surface area contributed by atoms with E-state index < -0.39 is 0 Å². The Labute approximate surface area is 207 Å². The predicted octanol–water partition coefficient (Wildman–Crippen LogP) is 2.11. The number of carbonyl (C=O) groups excluding carboxylic acids is 2. The van der Waals surface area contributed by atoms with Gasteiger partial charge < -0.3 is 9.30 Å². The maximum atomic E-state index is 13.1. The molecule has 0 atom stereocenters. The maximum absolute atomic E-state index is 13.1. The molecule has 0 bridgehead atoms. The van der Waals surface area contributed by atoms with E-state index >= 15 is 0 Å². The molecule has 0 spiro atoms. The van der Waals surface area contributed by atoms with Gasteiger partial charge >= 0.3 is 0 Å². The van der Waals surface area contributed by atoms with Crippen LogP contribution >= 0.6 is 0 Å². The zero-order chi connectivity index (χ0) is 25.1. The van der Waals surface area contributed by atoms with E-state index in [0.717, 1.165) is 11.1 Å². The molecule has 0 saturated carbocycles. The molecule has 0 radical (unpaired) electrons. The average molecular weight is 478 g/mol. The molecule has 5 rings (SSSR count). The molecule has 0 N–H and O–H groups in total. The highest BCUT2D eigenvalue weighted by Crippen LogP contribution is 2.21. The normalized spacial score (nSPS) is 13.9. The van der Waals surface area contributed by atoms with E-state index in [2.05, 4.69) is 4.98 Å². The second kappa shape index (κ2) is 9.84. The van der Waals surface area contributed by atoms with Crippen molar-refractivity contribution in [3.05, 3.63) is 128 Å². The molecule has 0 unspecified atom stereocenters. The summed E-state index contributed by atoms with van der Waals surface area (Å²) in [5.41, 5.74) is 2.22. The summed E-state index contributed by atoms with van der Waals surface area (Å²) in [7, 11) is 1.66. The van der Waals surface area contributed by atoms with Crippen molar-refractivity contribution in [2.24, 2.45) is 7.05 Å². The summed E-state index contributed by atoms with van der Waals surface area (Å²) in [6.45, 7) is 0.0798. The fraction of sp³-hybridized carbons (Fsp3) is 0.103. The molecule has 3 aromatic carbocycles. The second-order valence-electron chi connectivity index (χ2n) is 8.32. The van der Waals surface area contributed by atoms with Gasteiger partial charge in [0.1, 0.15) is 17.3 Å². The van der Waals surface area contributed by atoms with Crippen molar-refractivity contribution in [1.82, 2.24) is 14.5 Å². The number of ether oxygens (including phenoxy) is 1. The molecule has 0 aliphatic carbocycles. The molecule has 0 fully saturated rings. The largest absolute Gasteiger partial charge is 0.474 e. The van der Waals surface area contributed by atoms with E-state index in [9.17, 15) is 14.4 Å². The van der Waals surface area contributed by atoms with Crippen LogP contribution in [0.4, 0.5) is 0 Å². The van der Waals surface area contributed by atoms with Crippen LogP contribution in [0.15, 0.2) is 89.7 Å². The molecule has 2 heterocycles. The van der Waals surface area contributed by atoms with Gasteiger partial charge in [-0.2, -0.15) is 0 Å². The highest BCUT2D eigenvalue weighted by atomic mass is 16.5. The Kier molecular flexibility index (Phi) is 6.28. The van der Waals surface area contributed by atoms with Crippen molar-refractivity contribution >= 4 is 24.0 Å². The molecule has 7 nitrogen and oxygen atoms in total. The molecule has 7 heteroatoms. The van der Waals surface area contributed by atoms with Gasteiger partial charge in [-0.1, -0.05) is 72.8 Å². The van der Waals surface area contributed by atoms with Crippen LogP contribution in [0.2, 0.25) is 0 Å². The minimum Gasteiger partial charge on any atom is -0.474 e. The van der Waals surface area contributed by atoms with Gasteiger partial charge in [0, 0.05) is 7.05 Å². The van der Waals surface area contributed by atoms with E-state index in [1.54, 1.807) is 37.4 Å². The number of rotatable bonds is 6. The van der Waals surface area contributed by atoms with Crippen LogP contribution in [0.3, 0.4) is 0 Å². The van der Waals surface area contributed by atoms with Crippen LogP contribution in [-0.4, -0.2) is 39.4 Å². The van der Waals surface area contributed by atoms with Gasteiger partial charge in [-0.15, -0.1) is 0 Å². The van der Waals surface area contributed by atoms with E-state index in [1.165, 1.54) is 9.47 Å². The van der Waals surface area contributed by atoms with Crippen LogP contribution < -0.4 is 21.0 Å². The van der Waals surface area contributed by atoms with Gasteiger partial charge in [0.05, 0.1) is 17.7 Å². The van der Waals surface area contributed by atoms with E-state index in [4.69, 9.17) is 4.74 Å². The van der Waals surface area contributed by atoms with Crippen LogP contribution in [-0.2, 0) is 7.05 Å². The fourth-order valence-corrected chi connectivity index (χ4v) is 4.09. The van der Waals surface area contributed by atoms with Gasteiger partial charge in [0.15, 0.2) is 0 Å². The van der Waals surface area contributed by atoms with Crippen LogP contribution in [0.25, 0.3) is 12.2 Å². The first kappa shape index (κ1) is 23.0. The molecule has 2 amide bonds. The third-order valence-electron chi connectivity index (χ3n) is 5.96. The Bertz CT molecular complexity index is 1590. The first-order valence-electron chi connectivity index (χ1n) is 11.5. The summed E-state index contributed by atoms with van der Waals surface area (Å²) in [6.07, 6.45) is 3.52. The first-order chi connectivity index (χ1) is 17.5. The van der Waals surface area contributed by atoms with Crippen molar-refractivity contribution in [2.45, 2.75) is 0 Å². The second-order valence-corrected chi connectivity index (χ2v) is 8.32. The number of hydrogen-bond donors (Lipinski definition) is 0. The average Bonchev–Trinajstić information content (AvgIpc) is 3.15. The number of aromatic nitrogens is 2. The number of fused-ring (bicyclic) bond motifs is 1. The summed E-state index contributed by atoms with van der Waals surface area (Å²) in [5.74, 6) is -0.455. The van der Waals surface area contributed by atoms with E-state index in [-0.39, 0.29) is 41.8 Å². The molecule has 1 aromatic heterocycles. The predicted molar refractivity (Wildman–Crippen MR) is 136 cm³/mol. The minimum absolute atomic E-state index is 0.0249.